The molecule has 2 amide bonds. The second-order valence-electron chi connectivity index (χ2n) is 5.22. The predicted molar refractivity (Wildman–Crippen MR) is 95.6 cm³/mol. The van der Waals surface area contributed by atoms with Crippen LogP contribution in [0.3, 0.4) is 0 Å². The van der Waals surface area contributed by atoms with Gasteiger partial charge < -0.3 is 10.4 Å². The number of nitrogens with one attached hydrogen (secondary N) is 2. The first-order valence-electron chi connectivity index (χ1n) is 7.80. The fourth-order valence-corrected chi connectivity index (χ4v) is 2.61. The number of phenols is 1. The molecular weight excluding hydrogens is 342 g/mol. The lowest BCUT2D eigenvalue weighted by atomic mass is 10.2. The van der Waals surface area contributed by atoms with E-state index >= 15 is 0 Å². The van der Waals surface area contributed by atoms with E-state index in [-0.39, 0.29) is 24.0 Å². The zero-order valence-electron chi connectivity index (χ0n) is 13.7. The van der Waals surface area contributed by atoms with Crippen LogP contribution in [-0.2, 0) is 16.0 Å². The summed E-state index contributed by atoms with van der Waals surface area (Å²) in [4.78, 5) is 23.4. The molecule has 0 fully saturated rings. The minimum Gasteiger partial charge on any atom is -0.508 e. The Labute approximate surface area is 149 Å². The standard InChI is InChI=1S/C16H19N5O3S/c1-2-3-7-13(23)18-16-21-20-15(25-16)9-14(24)19-17-10-11-5-4-6-12(22)8-11/h4-6,8,10,22H,2-3,7,9H2,1H3,(H,19,24)(H,18,21,23)/b17-10-. The smallest absolute Gasteiger partial charge is 0.247 e. The summed E-state index contributed by atoms with van der Waals surface area (Å²) in [7, 11) is 0. The lowest BCUT2D eigenvalue weighted by Crippen LogP contribution is -2.19. The normalized spacial score (nSPS) is 10.8. The first-order chi connectivity index (χ1) is 12.1. The molecule has 0 bridgehead atoms. The van der Waals surface area contributed by atoms with Crippen molar-refractivity contribution < 1.29 is 14.7 Å². The van der Waals surface area contributed by atoms with Gasteiger partial charge in [-0.1, -0.05) is 36.8 Å². The zero-order chi connectivity index (χ0) is 18.1. The molecule has 0 aliphatic heterocycles. The number of amides is 2. The van der Waals surface area contributed by atoms with Gasteiger partial charge in [0.25, 0.3) is 0 Å². The molecule has 0 saturated carbocycles. The third kappa shape index (κ3) is 6.68. The quantitative estimate of drug-likeness (QED) is 0.491. The molecule has 2 aromatic rings. The molecular formula is C16H19N5O3S. The molecule has 0 spiro atoms. The number of hydrogen-bond donors (Lipinski definition) is 3. The molecule has 2 rings (SSSR count). The lowest BCUT2D eigenvalue weighted by Gasteiger charge is -1.98. The predicted octanol–water partition coefficient (Wildman–Crippen LogP) is 2.07. The Kier molecular flexibility index (Phi) is 7.02. The second kappa shape index (κ2) is 9.48. The van der Waals surface area contributed by atoms with Crippen molar-refractivity contribution >= 4 is 34.5 Å². The Balaban J connectivity index is 1.80. The van der Waals surface area contributed by atoms with E-state index in [0.717, 1.165) is 24.2 Å². The molecule has 0 unspecified atom stereocenters. The lowest BCUT2D eigenvalue weighted by molar-refractivity contribution is -0.120. The van der Waals surface area contributed by atoms with Crippen molar-refractivity contribution in [3.8, 4) is 5.75 Å². The number of aromatic nitrogens is 2. The van der Waals surface area contributed by atoms with Gasteiger partial charge in [-0.3, -0.25) is 9.59 Å². The van der Waals surface area contributed by atoms with Crippen LogP contribution in [0.15, 0.2) is 29.4 Å². The Hall–Kier alpha value is -2.81. The second-order valence-corrected chi connectivity index (χ2v) is 6.28. The van der Waals surface area contributed by atoms with E-state index in [0.29, 0.717) is 22.1 Å². The Morgan fingerprint density at radius 3 is 2.92 bits per heavy atom. The molecule has 25 heavy (non-hydrogen) atoms. The molecule has 132 valence electrons. The van der Waals surface area contributed by atoms with Gasteiger partial charge in [0.05, 0.1) is 12.6 Å². The molecule has 3 N–H and O–H groups in total. The van der Waals surface area contributed by atoms with Crippen molar-refractivity contribution in [2.75, 3.05) is 5.32 Å². The summed E-state index contributed by atoms with van der Waals surface area (Å²) in [6.45, 7) is 2.01. The number of carbonyl (C=O) groups is 2. The SMILES string of the molecule is CCCCC(=O)Nc1nnc(CC(=O)N/N=C\c2cccc(O)c2)s1. The van der Waals surface area contributed by atoms with Gasteiger partial charge in [0, 0.05) is 6.42 Å². The number of rotatable bonds is 8. The van der Waals surface area contributed by atoms with Crippen LogP contribution in [0.5, 0.6) is 5.75 Å². The number of benzene rings is 1. The fraction of sp³-hybridized carbons (Fsp3) is 0.312. The first-order valence-corrected chi connectivity index (χ1v) is 8.61. The highest BCUT2D eigenvalue weighted by atomic mass is 32.1. The molecule has 9 heteroatoms. The number of phenolic OH excluding ortho intramolecular Hbond substituents is 1. The van der Waals surface area contributed by atoms with Gasteiger partial charge in [-0.15, -0.1) is 10.2 Å². The van der Waals surface area contributed by atoms with Crippen molar-refractivity contribution in [2.45, 2.75) is 32.6 Å². The zero-order valence-corrected chi connectivity index (χ0v) is 14.5. The van der Waals surface area contributed by atoms with Gasteiger partial charge in [0.1, 0.15) is 10.8 Å². The molecule has 1 aromatic heterocycles. The molecule has 1 heterocycles. The molecule has 0 aliphatic carbocycles. The third-order valence-electron chi connectivity index (χ3n) is 3.06. The van der Waals surface area contributed by atoms with Crippen molar-refractivity contribution in [1.29, 1.82) is 0 Å². The summed E-state index contributed by atoms with van der Waals surface area (Å²) in [6, 6.07) is 6.49. The van der Waals surface area contributed by atoms with Crippen molar-refractivity contribution in [1.82, 2.24) is 15.6 Å². The number of anilines is 1. The van der Waals surface area contributed by atoms with Crippen LogP contribution in [0.2, 0.25) is 0 Å². The summed E-state index contributed by atoms with van der Waals surface area (Å²) in [5, 5.41) is 24.4. The van der Waals surface area contributed by atoms with Crippen LogP contribution in [0.1, 0.15) is 36.8 Å². The average Bonchev–Trinajstić information content (AvgIpc) is 2.99. The van der Waals surface area contributed by atoms with E-state index in [9.17, 15) is 14.7 Å². The molecule has 0 saturated heterocycles. The molecule has 0 atom stereocenters. The van der Waals surface area contributed by atoms with Crippen LogP contribution >= 0.6 is 11.3 Å². The number of hydrazone groups is 1. The summed E-state index contributed by atoms with van der Waals surface area (Å²) in [5.74, 6) is -0.334. The highest BCUT2D eigenvalue weighted by molar-refractivity contribution is 7.15. The van der Waals surface area contributed by atoms with Crippen LogP contribution < -0.4 is 10.7 Å². The van der Waals surface area contributed by atoms with E-state index in [2.05, 4.69) is 26.0 Å². The average molecular weight is 361 g/mol. The maximum absolute atomic E-state index is 11.8. The Morgan fingerprint density at radius 2 is 2.16 bits per heavy atom. The fourth-order valence-electron chi connectivity index (χ4n) is 1.86. The maximum Gasteiger partial charge on any atom is 0.247 e. The molecule has 1 aromatic carbocycles. The van der Waals surface area contributed by atoms with Crippen molar-refractivity contribution in [2.24, 2.45) is 5.10 Å². The van der Waals surface area contributed by atoms with E-state index in [1.54, 1.807) is 18.2 Å². The van der Waals surface area contributed by atoms with Gasteiger partial charge in [0.15, 0.2) is 0 Å². The van der Waals surface area contributed by atoms with Gasteiger partial charge in [-0.25, -0.2) is 5.43 Å². The summed E-state index contributed by atoms with van der Waals surface area (Å²) in [6.07, 6.45) is 3.64. The Morgan fingerprint density at radius 1 is 1.32 bits per heavy atom. The van der Waals surface area contributed by atoms with Gasteiger partial charge >= 0.3 is 0 Å². The van der Waals surface area contributed by atoms with Gasteiger partial charge in [-0.05, 0) is 24.1 Å². The molecule has 0 aliphatic rings. The van der Waals surface area contributed by atoms with Crippen LogP contribution in [0, 0.1) is 0 Å². The first kappa shape index (κ1) is 18.5. The van der Waals surface area contributed by atoms with E-state index in [1.165, 1.54) is 12.3 Å². The topological polar surface area (TPSA) is 117 Å². The van der Waals surface area contributed by atoms with Crippen LogP contribution in [0.4, 0.5) is 5.13 Å². The highest BCUT2D eigenvalue weighted by Gasteiger charge is 2.11. The highest BCUT2D eigenvalue weighted by Crippen LogP contribution is 2.16. The number of aromatic hydroxyl groups is 1. The number of unbranched alkanes of at least 4 members (excludes halogenated alkanes) is 1. The van der Waals surface area contributed by atoms with Gasteiger partial charge in [0.2, 0.25) is 16.9 Å². The summed E-state index contributed by atoms with van der Waals surface area (Å²) in [5.41, 5.74) is 3.04. The van der Waals surface area contributed by atoms with E-state index < -0.39 is 0 Å². The van der Waals surface area contributed by atoms with Gasteiger partial charge in [-0.2, -0.15) is 5.10 Å². The minimum absolute atomic E-state index is 0.0138. The largest absolute Gasteiger partial charge is 0.508 e. The third-order valence-corrected chi connectivity index (χ3v) is 3.89. The van der Waals surface area contributed by atoms with Crippen LogP contribution in [0.25, 0.3) is 0 Å². The van der Waals surface area contributed by atoms with E-state index in [4.69, 9.17) is 0 Å². The van der Waals surface area contributed by atoms with Crippen molar-refractivity contribution in [3.05, 3.63) is 34.8 Å². The summed E-state index contributed by atoms with van der Waals surface area (Å²) < 4.78 is 0. The number of nitrogens with zero attached hydrogens (tertiary/aromatic N) is 3. The van der Waals surface area contributed by atoms with Crippen LogP contribution in [-0.4, -0.2) is 33.3 Å². The molecule has 8 nitrogen and oxygen atoms in total. The molecule has 0 radical (unpaired) electrons. The monoisotopic (exact) mass is 361 g/mol. The Bertz CT molecular complexity index is 760. The number of carbonyl (C=O) groups excluding carboxylic acids is 2. The minimum atomic E-state index is -0.351. The number of hydrogen-bond acceptors (Lipinski definition) is 7. The summed E-state index contributed by atoms with van der Waals surface area (Å²) >= 11 is 1.15. The van der Waals surface area contributed by atoms with Crippen molar-refractivity contribution in [3.63, 3.8) is 0 Å². The maximum atomic E-state index is 11.8. The van der Waals surface area contributed by atoms with E-state index in [1.807, 2.05) is 6.92 Å².